The van der Waals surface area contributed by atoms with Crippen LogP contribution >= 0.6 is 0 Å². The number of ether oxygens (including phenoxy) is 1. The van der Waals surface area contributed by atoms with Crippen molar-refractivity contribution < 1.29 is 13.9 Å². The second-order valence-electron chi connectivity index (χ2n) is 7.35. The first-order valence-electron chi connectivity index (χ1n) is 9.55. The summed E-state index contributed by atoms with van der Waals surface area (Å²) in [7, 11) is 0. The van der Waals surface area contributed by atoms with Gasteiger partial charge in [-0.25, -0.2) is 4.79 Å². The molecule has 1 aromatic heterocycles. The summed E-state index contributed by atoms with van der Waals surface area (Å²) in [6.45, 7) is 3.74. The molecule has 1 aliphatic carbocycles. The van der Waals surface area contributed by atoms with Gasteiger partial charge in [0.05, 0.1) is 0 Å². The van der Waals surface area contributed by atoms with Gasteiger partial charge in [0.25, 0.3) is 5.91 Å². The summed E-state index contributed by atoms with van der Waals surface area (Å²) >= 11 is 0. The molecule has 0 bridgehead atoms. The fourth-order valence-electron chi connectivity index (χ4n) is 3.37. The van der Waals surface area contributed by atoms with E-state index < -0.39 is 0 Å². The van der Waals surface area contributed by atoms with Crippen molar-refractivity contribution in [3.8, 4) is 5.75 Å². The van der Waals surface area contributed by atoms with Crippen molar-refractivity contribution in [2.45, 2.75) is 39.2 Å². The molecule has 5 heteroatoms. The van der Waals surface area contributed by atoms with Crippen LogP contribution in [0.3, 0.4) is 0 Å². The van der Waals surface area contributed by atoms with E-state index in [-0.39, 0.29) is 18.1 Å². The van der Waals surface area contributed by atoms with E-state index in [2.05, 4.69) is 5.32 Å². The Kier molecular flexibility index (Phi) is 4.90. The average molecular weight is 377 g/mol. The number of hydrogen-bond donors (Lipinski definition) is 1. The predicted molar refractivity (Wildman–Crippen MR) is 108 cm³/mol. The topological polar surface area (TPSA) is 68.5 Å². The van der Waals surface area contributed by atoms with Gasteiger partial charge >= 0.3 is 5.63 Å². The molecule has 0 aliphatic heterocycles. The van der Waals surface area contributed by atoms with Crippen molar-refractivity contribution >= 4 is 16.9 Å². The maximum atomic E-state index is 12.6. The van der Waals surface area contributed by atoms with Crippen LogP contribution in [0.4, 0.5) is 0 Å². The summed E-state index contributed by atoms with van der Waals surface area (Å²) < 4.78 is 11.3. The number of fused-ring (bicyclic) bond motifs is 1. The van der Waals surface area contributed by atoms with E-state index >= 15 is 0 Å². The van der Waals surface area contributed by atoms with Crippen LogP contribution < -0.4 is 15.7 Å². The Balaban J connectivity index is 1.62. The van der Waals surface area contributed by atoms with Crippen LogP contribution in [-0.2, 0) is 11.2 Å². The first kappa shape index (κ1) is 18.3. The molecule has 0 saturated heterocycles. The lowest BCUT2D eigenvalue weighted by molar-refractivity contribution is -0.123. The monoisotopic (exact) mass is 377 g/mol. The maximum absolute atomic E-state index is 12.6. The molecule has 1 heterocycles. The summed E-state index contributed by atoms with van der Waals surface area (Å²) in [5, 5.41) is 3.78. The number of benzene rings is 2. The number of carbonyl (C=O) groups is 1. The van der Waals surface area contributed by atoms with Gasteiger partial charge in [-0.15, -0.1) is 0 Å². The van der Waals surface area contributed by atoms with Crippen LogP contribution in [0.25, 0.3) is 11.0 Å². The molecule has 1 N–H and O–H groups in total. The number of amides is 1. The van der Waals surface area contributed by atoms with Crippen molar-refractivity contribution in [3.05, 3.63) is 75.1 Å². The third kappa shape index (κ3) is 3.79. The average Bonchev–Trinajstić information content (AvgIpc) is 3.50. The third-order valence-electron chi connectivity index (χ3n) is 5.18. The molecule has 28 heavy (non-hydrogen) atoms. The Morgan fingerprint density at radius 2 is 1.86 bits per heavy atom. The van der Waals surface area contributed by atoms with Gasteiger partial charge in [-0.3, -0.25) is 4.79 Å². The Hall–Kier alpha value is -3.08. The minimum Gasteiger partial charge on any atom is -0.483 e. The lowest BCUT2D eigenvalue weighted by Crippen LogP contribution is -2.30. The summed E-state index contributed by atoms with van der Waals surface area (Å²) in [5.41, 5.74) is 3.55. The largest absolute Gasteiger partial charge is 0.483 e. The smallest absolute Gasteiger partial charge is 0.340 e. The van der Waals surface area contributed by atoms with Crippen LogP contribution in [0.2, 0.25) is 0 Å². The van der Waals surface area contributed by atoms with Crippen LogP contribution in [0.5, 0.6) is 5.75 Å². The van der Waals surface area contributed by atoms with Gasteiger partial charge in [-0.2, -0.15) is 0 Å². The second kappa shape index (κ2) is 7.50. The molecule has 1 saturated carbocycles. The van der Waals surface area contributed by atoms with Gasteiger partial charge in [0.15, 0.2) is 6.61 Å². The molecule has 3 aromatic rings. The number of hydrogen-bond acceptors (Lipinski definition) is 4. The van der Waals surface area contributed by atoms with E-state index in [1.54, 1.807) is 0 Å². The quantitative estimate of drug-likeness (QED) is 0.666. The molecule has 1 amide bonds. The minimum absolute atomic E-state index is 0.0435. The van der Waals surface area contributed by atoms with Gasteiger partial charge in [-0.1, -0.05) is 30.3 Å². The van der Waals surface area contributed by atoms with Crippen molar-refractivity contribution in [2.24, 2.45) is 0 Å². The van der Waals surface area contributed by atoms with E-state index in [0.717, 1.165) is 34.9 Å². The van der Waals surface area contributed by atoms with Crippen LogP contribution in [0.1, 0.15) is 35.1 Å². The highest BCUT2D eigenvalue weighted by Gasteiger charge is 2.23. The van der Waals surface area contributed by atoms with E-state index in [1.807, 2.05) is 56.3 Å². The van der Waals surface area contributed by atoms with E-state index in [0.29, 0.717) is 29.4 Å². The zero-order valence-electron chi connectivity index (χ0n) is 16.1. The Morgan fingerprint density at radius 3 is 2.57 bits per heavy atom. The van der Waals surface area contributed by atoms with Gasteiger partial charge in [0.2, 0.25) is 0 Å². The van der Waals surface area contributed by atoms with E-state index in [9.17, 15) is 9.59 Å². The standard InChI is InChI=1S/C23H23NO4/c1-14-18-10-11-20(27-13-21(25)24-17-8-9-17)15(2)22(18)28-23(26)19(14)12-16-6-4-3-5-7-16/h3-7,10-11,17H,8-9,12-13H2,1-2H3,(H,24,25). The number of rotatable bonds is 6. The highest BCUT2D eigenvalue weighted by atomic mass is 16.5. The molecule has 1 fully saturated rings. The van der Waals surface area contributed by atoms with Gasteiger partial charge < -0.3 is 14.5 Å². The van der Waals surface area contributed by atoms with Crippen molar-refractivity contribution in [3.63, 3.8) is 0 Å². The van der Waals surface area contributed by atoms with Crippen molar-refractivity contribution in [1.29, 1.82) is 0 Å². The molecule has 1 aliphatic rings. The molecule has 2 aromatic carbocycles. The zero-order valence-corrected chi connectivity index (χ0v) is 16.1. The molecule has 0 spiro atoms. The summed E-state index contributed by atoms with van der Waals surface area (Å²) in [4.78, 5) is 24.5. The van der Waals surface area contributed by atoms with Gasteiger partial charge in [-0.05, 0) is 49.9 Å². The lowest BCUT2D eigenvalue weighted by Gasteiger charge is -2.13. The normalized spacial score (nSPS) is 13.5. The Morgan fingerprint density at radius 1 is 1.11 bits per heavy atom. The number of aryl methyl sites for hydroxylation is 2. The molecule has 0 atom stereocenters. The highest BCUT2D eigenvalue weighted by Crippen LogP contribution is 2.30. The molecular formula is C23H23NO4. The first-order chi connectivity index (χ1) is 13.5. The molecule has 0 unspecified atom stereocenters. The first-order valence-corrected chi connectivity index (χ1v) is 9.55. The number of nitrogens with one attached hydrogen (secondary N) is 1. The van der Waals surface area contributed by atoms with Crippen molar-refractivity contribution in [1.82, 2.24) is 5.32 Å². The molecule has 5 nitrogen and oxygen atoms in total. The van der Waals surface area contributed by atoms with E-state index in [4.69, 9.17) is 9.15 Å². The molecule has 4 rings (SSSR count). The summed E-state index contributed by atoms with van der Waals surface area (Å²) in [6, 6.07) is 13.9. The minimum atomic E-state index is -0.333. The van der Waals surface area contributed by atoms with E-state index in [1.165, 1.54) is 0 Å². The molecule has 144 valence electrons. The molecular weight excluding hydrogens is 354 g/mol. The fourth-order valence-corrected chi connectivity index (χ4v) is 3.37. The highest BCUT2D eigenvalue weighted by molar-refractivity contribution is 5.86. The lowest BCUT2D eigenvalue weighted by atomic mass is 9.98. The summed E-state index contributed by atoms with van der Waals surface area (Å²) in [5.74, 6) is 0.426. The zero-order chi connectivity index (χ0) is 19.7. The Bertz CT molecular complexity index is 1080. The molecule has 0 radical (unpaired) electrons. The SMILES string of the molecule is Cc1c(Cc2ccccc2)c(=O)oc2c(C)c(OCC(=O)NC3CC3)ccc12. The fraction of sp³-hybridized carbons (Fsp3) is 0.304. The van der Waals surface area contributed by atoms with Crippen LogP contribution in [0, 0.1) is 13.8 Å². The van der Waals surface area contributed by atoms with Gasteiger partial charge in [0.1, 0.15) is 11.3 Å². The summed E-state index contributed by atoms with van der Waals surface area (Å²) in [6.07, 6.45) is 2.61. The second-order valence-corrected chi connectivity index (χ2v) is 7.35. The number of carbonyl (C=O) groups excluding carboxylic acids is 1. The maximum Gasteiger partial charge on any atom is 0.340 e. The Labute approximate surface area is 163 Å². The van der Waals surface area contributed by atoms with Crippen molar-refractivity contribution in [2.75, 3.05) is 6.61 Å². The van der Waals surface area contributed by atoms with Gasteiger partial charge in [0, 0.05) is 29.0 Å². The predicted octanol–water partition coefficient (Wildman–Crippen LogP) is 3.66. The third-order valence-corrected chi connectivity index (χ3v) is 5.18. The van der Waals surface area contributed by atoms with Crippen LogP contribution in [-0.4, -0.2) is 18.6 Å². The van der Waals surface area contributed by atoms with Crippen LogP contribution in [0.15, 0.2) is 51.7 Å².